The highest BCUT2D eigenvalue weighted by Gasteiger charge is 2.05. The van der Waals surface area contributed by atoms with Gasteiger partial charge in [0.25, 0.3) is 0 Å². The first-order valence-electron chi connectivity index (χ1n) is 8.25. The van der Waals surface area contributed by atoms with Crippen molar-refractivity contribution in [3.63, 3.8) is 0 Å². The number of benzene rings is 2. The molecule has 0 saturated heterocycles. The summed E-state index contributed by atoms with van der Waals surface area (Å²) >= 11 is 0. The van der Waals surface area contributed by atoms with E-state index in [4.69, 9.17) is 10.5 Å². The quantitative estimate of drug-likeness (QED) is 0.611. The van der Waals surface area contributed by atoms with E-state index in [1.165, 1.54) is 0 Å². The molecule has 0 aliphatic carbocycles. The number of nitrogens with two attached hydrogens (primary N) is 1. The first kappa shape index (κ1) is 18.3. The summed E-state index contributed by atoms with van der Waals surface area (Å²) in [5.41, 5.74) is 6.93. The fourth-order valence-electron chi connectivity index (χ4n) is 2.14. The minimum absolute atomic E-state index is 0.108. The number of carbonyl (C=O) groups excluding carboxylic acids is 2. The molecule has 0 spiro atoms. The summed E-state index contributed by atoms with van der Waals surface area (Å²) in [4.78, 5) is 23.1. The molecule has 0 aliphatic rings. The van der Waals surface area contributed by atoms with E-state index in [2.05, 4.69) is 17.6 Å². The van der Waals surface area contributed by atoms with Crippen molar-refractivity contribution >= 4 is 23.2 Å². The van der Waals surface area contributed by atoms with Gasteiger partial charge in [-0.1, -0.05) is 19.4 Å². The van der Waals surface area contributed by atoms with Gasteiger partial charge in [-0.3, -0.25) is 9.59 Å². The molecular weight excluding hydrogens is 318 g/mol. The van der Waals surface area contributed by atoms with Crippen molar-refractivity contribution in [3.05, 3.63) is 54.1 Å². The SMILES string of the molecule is CCCCOc1ccc(NCC(=O)Nc2cccc(C(N)=O)c2)cc1. The van der Waals surface area contributed by atoms with E-state index in [0.29, 0.717) is 17.9 Å². The molecule has 2 rings (SSSR count). The zero-order chi connectivity index (χ0) is 18.1. The Morgan fingerprint density at radius 2 is 1.84 bits per heavy atom. The number of carbonyl (C=O) groups is 2. The Balaban J connectivity index is 1.81. The molecule has 0 heterocycles. The second-order valence-corrected chi connectivity index (χ2v) is 5.57. The Morgan fingerprint density at radius 1 is 1.08 bits per heavy atom. The van der Waals surface area contributed by atoms with Gasteiger partial charge < -0.3 is 21.1 Å². The Morgan fingerprint density at radius 3 is 2.52 bits per heavy atom. The first-order chi connectivity index (χ1) is 12.1. The highest BCUT2D eigenvalue weighted by molar-refractivity contribution is 5.97. The van der Waals surface area contributed by atoms with Gasteiger partial charge in [0, 0.05) is 16.9 Å². The van der Waals surface area contributed by atoms with Crippen molar-refractivity contribution < 1.29 is 14.3 Å². The Kier molecular flexibility index (Phi) is 6.83. The number of nitrogens with one attached hydrogen (secondary N) is 2. The maximum Gasteiger partial charge on any atom is 0.248 e. The molecule has 0 aliphatic heterocycles. The van der Waals surface area contributed by atoms with Crippen molar-refractivity contribution in [1.82, 2.24) is 0 Å². The molecule has 0 atom stereocenters. The number of ether oxygens (including phenoxy) is 1. The van der Waals surface area contributed by atoms with Gasteiger partial charge in [-0.15, -0.1) is 0 Å². The van der Waals surface area contributed by atoms with Gasteiger partial charge in [0.2, 0.25) is 11.8 Å². The van der Waals surface area contributed by atoms with E-state index >= 15 is 0 Å². The van der Waals surface area contributed by atoms with Crippen molar-refractivity contribution in [1.29, 1.82) is 0 Å². The molecule has 0 bridgehead atoms. The summed E-state index contributed by atoms with van der Waals surface area (Å²) in [5.74, 6) is 0.0621. The van der Waals surface area contributed by atoms with Crippen LogP contribution in [0.4, 0.5) is 11.4 Å². The maximum atomic E-state index is 12.0. The third kappa shape index (κ3) is 6.18. The zero-order valence-electron chi connectivity index (χ0n) is 14.2. The second kappa shape index (κ2) is 9.32. The van der Waals surface area contributed by atoms with Gasteiger partial charge in [-0.2, -0.15) is 0 Å². The predicted octanol–water partition coefficient (Wildman–Crippen LogP) is 3.02. The Hall–Kier alpha value is -3.02. The summed E-state index contributed by atoms with van der Waals surface area (Å²) in [7, 11) is 0. The molecule has 0 unspecified atom stereocenters. The predicted molar refractivity (Wildman–Crippen MR) is 98.9 cm³/mol. The van der Waals surface area contributed by atoms with Crippen LogP contribution < -0.4 is 21.1 Å². The molecule has 132 valence electrons. The van der Waals surface area contributed by atoms with E-state index in [9.17, 15) is 9.59 Å². The molecule has 25 heavy (non-hydrogen) atoms. The van der Waals surface area contributed by atoms with Crippen LogP contribution in [-0.4, -0.2) is 25.0 Å². The van der Waals surface area contributed by atoms with Gasteiger partial charge in [-0.05, 0) is 48.9 Å². The Bertz CT molecular complexity index is 714. The summed E-state index contributed by atoms with van der Waals surface area (Å²) in [6.45, 7) is 2.93. The smallest absolute Gasteiger partial charge is 0.248 e. The molecule has 0 radical (unpaired) electrons. The number of primary amides is 1. The lowest BCUT2D eigenvalue weighted by atomic mass is 10.2. The van der Waals surface area contributed by atoms with Crippen molar-refractivity contribution in [2.24, 2.45) is 5.73 Å². The normalized spacial score (nSPS) is 10.1. The highest BCUT2D eigenvalue weighted by Crippen LogP contribution is 2.16. The van der Waals surface area contributed by atoms with Crippen LogP contribution in [0.1, 0.15) is 30.1 Å². The van der Waals surface area contributed by atoms with Crippen LogP contribution in [0.5, 0.6) is 5.75 Å². The van der Waals surface area contributed by atoms with Crippen LogP contribution in [0.3, 0.4) is 0 Å². The van der Waals surface area contributed by atoms with Gasteiger partial charge in [0.15, 0.2) is 0 Å². The summed E-state index contributed by atoms with van der Waals surface area (Å²) < 4.78 is 5.59. The van der Waals surface area contributed by atoms with Crippen molar-refractivity contribution in [3.8, 4) is 5.75 Å². The minimum atomic E-state index is -0.532. The lowest BCUT2D eigenvalue weighted by Crippen LogP contribution is -2.22. The van der Waals surface area contributed by atoms with Gasteiger partial charge in [0.05, 0.1) is 13.2 Å². The molecule has 2 aromatic carbocycles. The van der Waals surface area contributed by atoms with Crippen LogP contribution in [0.15, 0.2) is 48.5 Å². The van der Waals surface area contributed by atoms with Crippen LogP contribution >= 0.6 is 0 Å². The van der Waals surface area contributed by atoms with Crippen LogP contribution in [-0.2, 0) is 4.79 Å². The van der Waals surface area contributed by atoms with Crippen molar-refractivity contribution in [2.75, 3.05) is 23.8 Å². The number of hydrogen-bond acceptors (Lipinski definition) is 4. The van der Waals surface area contributed by atoms with Gasteiger partial charge >= 0.3 is 0 Å². The molecule has 0 fully saturated rings. The molecule has 0 saturated carbocycles. The fourth-order valence-corrected chi connectivity index (χ4v) is 2.14. The van der Waals surface area contributed by atoms with E-state index in [0.717, 1.165) is 24.3 Å². The van der Waals surface area contributed by atoms with Crippen LogP contribution in [0, 0.1) is 0 Å². The molecular formula is C19H23N3O3. The minimum Gasteiger partial charge on any atom is -0.494 e. The molecule has 4 N–H and O–H groups in total. The second-order valence-electron chi connectivity index (χ2n) is 5.57. The largest absolute Gasteiger partial charge is 0.494 e. The number of anilines is 2. The van der Waals surface area contributed by atoms with Crippen molar-refractivity contribution in [2.45, 2.75) is 19.8 Å². The number of amides is 2. The maximum absolute atomic E-state index is 12.0. The average molecular weight is 341 g/mol. The average Bonchev–Trinajstić information content (AvgIpc) is 2.61. The molecule has 6 nitrogen and oxygen atoms in total. The Labute approximate surface area is 147 Å². The highest BCUT2D eigenvalue weighted by atomic mass is 16.5. The van der Waals surface area contributed by atoms with Crippen LogP contribution in [0.25, 0.3) is 0 Å². The molecule has 6 heteroatoms. The number of rotatable bonds is 9. The van der Waals surface area contributed by atoms with E-state index < -0.39 is 5.91 Å². The molecule has 2 amide bonds. The molecule has 2 aromatic rings. The number of hydrogen-bond donors (Lipinski definition) is 3. The zero-order valence-corrected chi connectivity index (χ0v) is 14.2. The first-order valence-corrected chi connectivity index (χ1v) is 8.25. The topological polar surface area (TPSA) is 93.4 Å². The van der Waals surface area contributed by atoms with E-state index in [-0.39, 0.29) is 12.5 Å². The van der Waals surface area contributed by atoms with E-state index in [1.807, 2.05) is 24.3 Å². The summed E-state index contributed by atoms with van der Waals surface area (Å²) in [6.07, 6.45) is 2.12. The van der Waals surface area contributed by atoms with Crippen LogP contribution in [0.2, 0.25) is 0 Å². The third-order valence-electron chi connectivity index (χ3n) is 3.50. The fraction of sp³-hybridized carbons (Fsp3) is 0.263. The van der Waals surface area contributed by atoms with Gasteiger partial charge in [0.1, 0.15) is 5.75 Å². The monoisotopic (exact) mass is 341 g/mol. The third-order valence-corrected chi connectivity index (χ3v) is 3.50. The molecule has 0 aromatic heterocycles. The standard InChI is InChI=1S/C19H23N3O3/c1-2-3-11-25-17-9-7-15(8-10-17)21-13-18(23)22-16-6-4-5-14(12-16)19(20)24/h4-10,12,21H,2-3,11,13H2,1H3,(H2,20,24)(H,22,23). The van der Waals surface area contributed by atoms with E-state index in [1.54, 1.807) is 24.3 Å². The summed E-state index contributed by atoms with van der Waals surface area (Å²) in [5, 5.41) is 5.76. The number of unbranched alkanes of at least 4 members (excludes halogenated alkanes) is 1. The lowest BCUT2D eigenvalue weighted by molar-refractivity contribution is -0.114. The summed E-state index contributed by atoms with van der Waals surface area (Å²) in [6, 6.07) is 14.0. The van der Waals surface area contributed by atoms with Gasteiger partial charge in [-0.25, -0.2) is 0 Å². The lowest BCUT2D eigenvalue weighted by Gasteiger charge is -2.10.